The summed E-state index contributed by atoms with van der Waals surface area (Å²) >= 11 is 1.62. The van der Waals surface area contributed by atoms with Gasteiger partial charge in [0.1, 0.15) is 22.2 Å². The minimum Gasteiger partial charge on any atom is -0.383 e. The van der Waals surface area contributed by atoms with E-state index in [0.717, 1.165) is 29.5 Å². The number of aryl methyl sites for hydroxylation is 2. The van der Waals surface area contributed by atoms with Crippen molar-refractivity contribution in [1.82, 2.24) is 9.97 Å². The topological polar surface area (TPSA) is 85.9 Å². The zero-order valence-corrected chi connectivity index (χ0v) is 14.7. The van der Waals surface area contributed by atoms with Crippen LogP contribution in [-0.2, 0) is 28.4 Å². The van der Waals surface area contributed by atoms with Gasteiger partial charge in [0.2, 0.25) is 0 Å². The second-order valence-corrected chi connectivity index (χ2v) is 9.06. The first-order valence-electron chi connectivity index (χ1n) is 7.89. The Morgan fingerprint density at radius 1 is 1.08 bits per heavy atom. The molecule has 124 valence electrons. The van der Waals surface area contributed by atoms with E-state index in [1.807, 2.05) is 0 Å². The molecule has 2 aromatic heterocycles. The summed E-state index contributed by atoms with van der Waals surface area (Å²) in [5.74, 6) is 0.430. The van der Waals surface area contributed by atoms with Crippen LogP contribution in [0.2, 0.25) is 0 Å². The standard InChI is InChI=1S/C17H17N3O2S2/c18-16-15-12-8-4-5-9-13(12)23-17(15)20-14(19-16)10-24(21,22)11-6-2-1-3-7-11/h1-3,6-7H,4-5,8-10H2,(H2,18,19,20). The molecular formula is C17H17N3O2S2. The zero-order chi connectivity index (χ0) is 16.7. The maximum atomic E-state index is 12.5. The molecule has 0 aliphatic heterocycles. The highest BCUT2D eigenvalue weighted by atomic mass is 32.2. The molecule has 0 saturated heterocycles. The molecule has 0 radical (unpaired) electrons. The van der Waals surface area contributed by atoms with Crippen LogP contribution in [0.4, 0.5) is 5.82 Å². The van der Waals surface area contributed by atoms with Crippen molar-refractivity contribution in [3.63, 3.8) is 0 Å². The van der Waals surface area contributed by atoms with Gasteiger partial charge in [0.05, 0.1) is 10.3 Å². The summed E-state index contributed by atoms with van der Waals surface area (Å²) in [6, 6.07) is 8.37. The molecular weight excluding hydrogens is 342 g/mol. The first-order valence-corrected chi connectivity index (χ1v) is 10.4. The highest BCUT2D eigenvalue weighted by Crippen LogP contribution is 2.37. The Hall–Kier alpha value is -1.99. The van der Waals surface area contributed by atoms with Crippen molar-refractivity contribution < 1.29 is 8.42 Å². The molecule has 4 rings (SSSR count). The molecule has 24 heavy (non-hydrogen) atoms. The van der Waals surface area contributed by atoms with Crippen LogP contribution >= 0.6 is 11.3 Å². The van der Waals surface area contributed by atoms with Gasteiger partial charge in [-0.25, -0.2) is 18.4 Å². The van der Waals surface area contributed by atoms with Crippen molar-refractivity contribution >= 4 is 37.2 Å². The minimum atomic E-state index is -3.48. The van der Waals surface area contributed by atoms with Crippen LogP contribution in [0.3, 0.4) is 0 Å². The third-order valence-electron chi connectivity index (χ3n) is 4.31. The van der Waals surface area contributed by atoms with Crippen molar-refractivity contribution in [2.24, 2.45) is 0 Å². The van der Waals surface area contributed by atoms with Crippen LogP contribution in [0.25, 0.3) is 10.2 Å². The zero-order valence-electron chi connectivity index (χ0n) is 13.0. The maximum absolute atomic E-state index is 12.5. The molecule has 1 aliphatic rings. The van der Waals surface area contributed by atoms with Gasteiger partial charge in [-0.1, -0.05) is 18.2 Å². The monoisotopic (exact) mass is 359 g/mol. The molecule has 0 bridgehead atoms. The van der Waals surface area contributed by atoms with E-state index >= 15 is 0 Å². The summed E-state index contributed by atoms with van der Waals surface area (Å²) in [6.45, 7) is 0. The molecule has 0 atom stereocenters. The van der Waals surface area contributed by atoms with E-state index in [-0.39, 0.29) is 16.5 Å². The first kappa shape index (κ1) is 15.5. The predicted octanol–water partition coefficient (Wildman–Crippen LogP) is 3.13. The van der Waals surface area contributed by atoms with Gasteiger partial charge in [-0.2, -0.15) is 0 Å². The van der Waals surface area contributed by atoms with Gasteiger partial charge in [0, 0.05) is 4.88 Å². The van der Waals surface area contributed by atoms with Crippen LogP contribution < -0.4 is 5.73 Å². The van der Waals surface area contributed by atoms with E-state index < -0.39 is 9.84 Å². The fourth-order valence-electron chi connectivity index (χ4n) is 3.18. The number of benzene rings is 1. The van der Waals surface area contributed by atoms with Crippen molar-refractivity contribution in [2.75, 3.05) is 5.73 Å². The molecule has 0 unspecified atom stereocenters. The van der Waals surface area contributed by atoms with Crippen LogP contribution in [-0.4, -0.2) is 18.4 Å². The molecule has 0 spiro atoms. The Kier molecular flexibility index (Phi) is 3.77. The lowest BCUT2D eigenvalue weighted by Crippen LogP contribution is -2.09. The molecule has 3 aromatic rings. The molecule has 2 heterocycles. The number of rotatable bonds is 3. The highest BCUT2D eigenvalue weighted by molar-refractivity contribution is 7.90. The van der Waals surface area contributed by atoms with Gasteiger partial charge in [-0.15, -0.1) is 11.3 Å². The minimum absolute atomic E-state index is 0.236. The average molecular weight is 359 g/mol. The quantitative estimate of drug-likeness (QED) is 0.776. The lowest BCUT2D eigenvalue weighted by Gasteiger charge is -2.10. The van der Waals surface area contributed by atoms with E-state index in [0.29, 0.717) is 5.82 Å². The number of fused-ring (bicyclic) bond motifs is 3. The Morgan fingerprint density at radius 3 is 2.62 bits per heavy atom. The van der Waals surface area contributed by atoms with Crippen molar-refractivity contribution in [3.8, 4) is 0 Å². The lowest BCUT2D eigenvalue weighted by atomic mass is 9.97. The number of hydrogen-bond acceptors (Lipinski definition) is 6. The van der Waals surface area contributed by atoms with Gasteiger partial charge in [-0.3, -0.25) is 0 Å². The third-order valence-corrected chi connectivity index (χ3v) is 7.12. The second kappa shape index (κ2) is 5.82. The Labute approximate surface area is 144 Å². The van der Waals surface area contributed by atoms with Gasteiger partial charge in [0.15, 0.2) is 9.84 Å². The number of hydrogen-bond donors (Lipinski definition) is 1. The Morgan fingerprint density at radius 2 is 1.83 bits per heavy atom. The molecule has 0 fully saturated rings. The van der Waals surface area contributed by atoms with Crippen molar-refractivity contribution in [1.29, 1.82) is 0 Å². The van der Waals surface area contributed by atoms with Crippen LogP contribution in [0, 0.1) is 0 Å². The SMILES string of the molecule is Nc1nc(CS(=O)(=O)c2ccccc2)nc2sc3c(c12)CCCC3. The number of nitrogen functional groups attached to an aromatic ring is 1. The lowest BCUT2D eigenvalue weighted by molar-refractivity contribution is 0.594. The summed E-state index contributed by atoms with van der Waals surface area (Å²) in [6.07, 6.45) is 4.39. The smallest absolute Gasteiger partial charge is 0.185 e. The van der Waals surface area contributed by atoms with Crippen LogP contribution in [0.15, 0.2) is 35.2 Å². The molecule has 0 amide bonds. The molecule has 1 aliphatic carbocycles. The van der Waals surface area contributed by atoms with Gasteiger partial charge in [0.25, 0.3) is 0 Å². The first-order chi connectivity index (χ1) is 11.5. The Bertz CT molecular complexity index is 1010. The molecule has 2 N–H and O–H groups in total. The number of aromatic nitrogens is 2. The summed E-state index contributed by atoms with van der Waals surface area (Å²) in [5, 5.41) is 0.926. The molecule has 5 nitrogen and oxygen atoms in total. The predicted molar refractivity (Wildman–Crippen MR) is 95.8 cm³/mol. The van der Waals surface area contributed by atoms with Crippen LogP contribution in [0.5, 0.6) is 0 Å². The van der Waals surface area contributed by atoms with Crippen molar-refractivity contribution in [2.45, 2.75) is 36.3 Å². The fraction of sp³-hybridized carbons (Fsp3) is 0.294. The number of sulfone groups is 1. The summed E-state index contributed by atoms with van der Waals surface area (Å²) in [7, 11) is -3.48. The normalized spacial score (nSPS) is 14.7. The van der Waals surface area contributed by atoms with Crippen molar-refractivity contribution in [3.05, 3.63) is 46.6 Å². The summed E-state index contributed by atoms with van der Waals surface area (Å²) in [4.78, 5) is 11.2. The van der Waals surface area contributed by atoms with E-state index in [2.05, 4.69) is 9.97 Å². The van der Waals surface area contributed by atoms with E-state index in [4.69, 9.17) is 5.73 Å². The van der Waals surface area contributed by atoms with Gasteiger partial charge < -0.3 is 5.73 Å². The number of thiophene rings is 1. The van der Waals surface area contributed by atoms with Crippen LogP contribution in [0.1, 0.15) is 29.1 Å². The largest absolute Gasteiger partial charge is 0.383 e. The number of nitrogens with zero attached hydrogens (tertiary/aromatic N) is 2. The summed E-state index contributed by atoms with van der Waals surface area (Å²) < 4.78 is 25.1. The van der Waals surface area contributed by atoms with E-state index in [9.17, 15) is 8.42 Å². The summed E-state index contributed by atoms with van der Waals surface area (Å²) in [5.41, 5.74) is 7.40. The number of nitrogens with two attached hydrogens (primary N) is 1. The second-order valence-electron chi connectivity index (χ2n) is 5.99. The highest BCUT2D eigenvalue weighted by Gasteiger charge is 2.22. The third kappa shape index (κ3) is 2.67. The van der Waals surface area contributed by atoms with Gasteiger partial charge >= 0.3 is 0 Å². The van der Waals surface area contributed by atoms with E-state index in [1.165, 1.54) is 16.9 Å². The maximum Gasteiger partial charge on any atom is 0.185 e. The Balaban J connectivity index is 1.76. The fourth-order valence-corrected chi connectivity index (χ4v) is 5.67. The molecule has 0 saturated carbocycles. The number of anilines is 1. The molecule has 1 aromatic carbocycles. The molecule has 7 heteroatoms. The van der Waals surface area contributed by atoms with Gasteiger partial charge in [-0.05, 0) is 43.4 Å². The average Bonchev–Trinajstić information content (AvgIpc) is 2.94. The van der Waals surface area contributed by atoms with E-state index in [1.54, 1.807) is 41.7 Å².